The van der Waals surface area contributed by atoms with Gasteiger partial charge < -0.3 is 10.4 Å². The van der Waals surface area contributed by atoms with Crippen LogP contribution in [0.4, 0.5) is 0 Å². The van der Waals surface area contributed by atoms with Crippen LogP contribution in [0.5, 0.6) is 0 Å². The molecule has 0 saturated heterocycles. The highest BCUT2D eigenvalue weighted by molar-refractivity contribution is 7.99. The van der Waals surface area contributed by atoms with E-state index in [1.54, 1.807) is 18.7 Å². The third-order valence-corrected chi connectivity index (χ3v) is 2.60. The number of carbonyl (C=O) groups excluding carboxylic acids is 1. The number of aliphatic hydroxyl groups is 1. The van der Waals surface area contributed by atoms with E-state index in [-0.39, 0.29) is 18.6 Å². The van der Waals surface area contributed by atoms with Gasteiger partial charge in [0, 0.05) is 6.04 Å². The summed E-state index contributed by atoms with van der Waals surface area (Å²) in [6.45, 7) is 3.93. The average Bonchev–Trinajstić information content (AvgIpc) is 2.12. The van der Waals surface area contributed by atoms with Gasteiger partial charge in [-0.25, -0.2) is 0 Å². The molecule has 0 heterocycles. The van der Waals surface area contributed by atoms with Crippen LogP contribution in [-0.4, -0.2) is 35.2 Å². The molecule has 1 amide bonds. The number of hydrogen-bond donors (Lipinski definition) is 2. The number of rotatable bonds is 7. The van der Waals surface area contributed by atoms with Gasteiger partial charge in [0.25, 0.3) is 0 Å². The molecule has 1 atom stereocenters. The van der Waals surface area contributed by atoms with E-state index in [0.717, 1.165) is 12.2 Å². The Kier molecular flexibility index (Phi) is 8.24. The van der Waals surface area contributed by atoms with E-state index in [1.165, 1.54) is 6.42 Å². The van der Waals surface area contributed by atoms with E-state index in [0.29, 0.717) is 5.75 Å². The monoisotopic (exact) mass is 205 g/mol. The van der Waals surface area contributed by atoms with Crippen LogP contribution < -0.4 is 5.32 Å². The maximum atomic E-state index is 11.1. The number of nitrogens with one attached hydrogen (secondary N) is 1. The summed E-state index contributed by atoms with van der Waals surface area (Å²) in [5, 5.41) is 11.4. The second-order valence-corrected chi connectivity index (χ2v) is 4.16. The van der Waals surface area contributed by atoms with Crippen LogP contribution in [0.3, 0.4) is 0 Å². The highest BCUT2D eigenvalue weighted by Crippen LogP contribution is 2.03. The van der Waals surface area contributed by atoms with E-state index in [1.807, 2.05) is 0 Å². The summed E-state index contributed by atoms with van der Waals surface area (Å²) < 4.78 is 0. The van der Waals surface area contributed by atoms with Gasteiger partial charge in [0.05, 0.1) is 12.4 Å². The van der Waals surface area contributed by atoms with Gasteiger partial charge in [0.1, 0.15) is 0 Å². The summed E-state index contributed by atoms with van der Waals surface area (Å²) >= 11 is 1.64. The number of unbranched alkanes of at least 4 members (excludes halogenated alkanes) is 1. The maximum absolute atomic E-state index is 11.1. The average molecular weight is 205 g/mol. The van der Waals surface area contributed by atoms with Gasteiger partial charge in [-0.15, -0.1) is 0 Å². The summed E-state index contributed by atoms with van der Waals surface area (Å²) in [4.78, 5) is 11.1. The first-order valence-corrected chi connectivity index (χ1v) is 5.84. The first-order valence-electron chi connectivity index (χ1n) is 4.68. The summed E-state index contributed by atoms with van der Waals surface area (Å²) in [6, 6.07) is -0.126. The molecule has 13 heavy (non-hydrogen) atoms. The predicted molar refractivity (Wildman–Crippen MR) is 56.9 cm³/mol. The Hall–Kier alpha value is -0.220. The number of amides is 1. The van der Waals surface area contributed by atoms with Crippen LogP contribution in [0.1, 0.15) is 26.7 Å². The number of carbonyl (C=O) groups is 1. The molecule has 0 bridgehead atoms. The zero-order chi connectivity index (χ0) is 10.1. The molecular weight excluding hydrogens is 186 g/mol. The van der Waals surface area contributed by atoms with Gasteiger partial charge in [0.15, 0.2) is 0 Å². The molecule has 0 aliphatic carbocycles. The predicted octanol–water partition coefficient (Wildman–Crippen LogP) is 1.02. The fourth-order valence-corrected chi connectivity index (χ4v) is 1.68. The van der Waals surface area contributed by atoms with Crippen molar-refractivity contribution < 1.29 is 9.90 Å². The lowest BCUT2D eigenvalue weighted by Gasteiger charge is -2.09. The molecule has 78 valence electrons. The van der Waals surface area contributed by atoms with E-state index in [2.05, 4.69) is 12.2 Å². The lowest BCUT2D eigenvalue weighted by molar-refractivity contribution is -0.119. The molecule has 4 heteroatoms. The molecule has 0 aliphatic rings. The fraction of sp³-hybridized carbons (Fsp3) is 0.889. The Morgan fingerprint density at radius 2 is 2.31 bits per heavy atom. The van der Waals surface area contributed by atoms with Crippen molar-refractivity contribution in [2.24, 2.45) is 0 Å². The third-order valence-electron chi connectivity index (χ3n) is 1.56. The van der Waals surface area contributed by atoms with E-state index in [9.17, 15) is 4.79 Å². The molecule has 3 nitrogen and oxygen atoms in total. The minimum absolute atomic E-state index is 0.00532. The van der Waals surface area contributed by atoms with Crippen molar-refractivity contribution in [3.8, 4) is 0 Å². The quantitative estimate of drug-likeness (QED) is 0.610. The first-order chi connectivity index (χ1) is 6.20. The molecule has 0 radical (unpaired) electrons. The summed E-state index contributed by atoms with van der Waals surface area (Å²) in [6.07, 6.45) is 2.33. The lowest BCUT2D eigenvalue weighted by atomic mass is 10.4. The zero-order valence-corrected chi connectivity index (χ0v) is 9.19. The molecule has 0 spiro atoms. The van der Waals surface area contributed by atoms with Crippen molar-refractivity contribution in [3.05, 3.63) is 0 Å². The molecule has 0 fully saturated rings. The summed E-state index contributed by atoms with van der Waals surface area (Å²) in [5.74, 6) is 1.56. The Morgan fingerprint density at radius 1 is 1.62 bits per heavy atom. The Labute approximate surface area is 84.3 Å². The molecule has 0 saturated carbocycles. The van der Waals surface area contributed by atoms with Crippen LogP contribution in [0.15, 0.2) is 0 Å². The van der Waals surface area contributed by atoms with Gasteiger partial charge >= 0.3 is 0 Å². The van der Waals surface area contributed by atoms with Crippen molar-refractivity contribution in [2.45, 2.75) is 32.7 Å². The van der Waals surface area contributed by atoms with Crippen LogP contribution in [-0.2, 0) is 4.79 Å². The van der Waals surface area contributed by atoms with Gasteiger partial charge in [-0.2, -0.15) is 11.8 Å². The highest BCUT2D eigenvalue weighted by atomic mass is 32.2. The van der Waals surface area contributed by atoms with Gasteiger partial charge in [-0.3, -0.25) is 4.79 Å². The Bertz CT molecular complexity index is 142. The van der Waals surface area contributed by atoms with Crippen LogP contribution in [0, 0.1) is 0 Å². The van der Waals surface area contributed by atoms with Crippen molar-refractivity contribution in [2.75, 3.05) is 18.1 Å². The molecule has 0 rings (SSSR count). The second-order valence-electron chi connectivity index (χ2n) is 3.06. The van der Waals surface area contributed by atoms with E-state index >= 15 is 0 Å². The maximum Gasteiger partial charge on any atom is 0.230 e. The largest absolute Gasteiger partial charge is 0.394 e. The molecule has 0 aliphatic heterocycles. The SMILES string of the molecule is CCCCSCC(=O)N[C@H](C)CO. The number of hydrogen-bond acceptors (Lipinski definition) is 3. The minimum Gasteiger partial charge on any atom is -0.394 e. The highest BCUT2D eigenvalue weighted by Gasteiger charge is 2.04. The van der Waals surface area contributed by atoms with E-state index in [4.69, 9.17) is 5.11 Å². The van der Waals surface area contributed by atoms with Crippen LogP contribution in [0.2, 0.25) is 0 Å². The van der Waals surface area contributed by atoms with Gasteiger partial charge in [0.2, 0.25) is 5.91 Å². The number of thioether (sulfide) groups is 1. The Morgan fingerprint density at radius 3 is 2.85 bits per heavy atom. The van der Waals surface area contributed by atoms with Crippen LogP contribution in [0.25, 0.3) is 0 Å². The number of aliphatic hydroxyl groups excluding tert-OH is 1. The molecule has 0 unspecified atom stereocenters. The standard InChI is InChI=1S/C9H19NO2S/c1-3-4-5-13-7-9(12)10-8(2)6-11/h8,11H,3-7H2,1-2H3,(H,10,12)/t8-/m1/s1. The van der Waals surface area contributed by atoms with Gasteiger partial charge in [-0.05, 0) is 19.1 Å². The second kappa shape index (κ2) is 8.38. The zero-order valence-electron chi connectivity index (χ0n) is 8.38. The van der Waals surface area contributed by atoms with Crippen molar-refractivity contribution in [1.82, 2.24) is 5.32 Å². The normalized spacial score (nSPS) is 12.5. The summed E-state index contributed by atoms with van der Waals surface area (Å²) in [5.41, 5.74) is 0. The van der Waals surface area contributed by atoms with Crippen LogP contribution >= 0.6 is 11.8 Å². The smallest absolute Gasteiger partial charge is 0.230 e. The molecule has 0 aromatic carbocycles. The molecule has 0 aromatic rings. The molecular formula is C9H19NO2S. The fourth-order valence-electron chi connectivity index (χ4n) is 0.773. The first kappa shape index (κ1) is 12.8. The minimum atomic E-state index is -0.126. The topological polar surface area (TPSA) is 49.3 Å². The molecule has 2 N–H and O–H groups in total. The molecule has 0 aromatic heterocycles. The third kappa shape index (κ3) is 8.12. The Balaban J connectivity index is 3.30. The van der Waals surface area contributed by atoms with Crippen molar-refractivity contribution >= 4 is 17.7 Å². The summed E-state index contributed by atoms with van der Waals surface area (Å²) in [7, 11) is 0. The van der Waals surface area contributed by atoms with Gasteiger partial charge in [-0.1, -0.05) is 13.3 Å². The lowest BCUT2D eigenvalue weighted by Crippen LogP contribution is -2.36. The van der Waals surface area contributed by atoms with Crippen molar-refractivity contribution in [3.63, 3.8) is 0 Å². The van der Waals surface area contributed by atoms with Crippen molar-refractivity contribution in [1.29, 1.82) is 0 Å². The van der Waals surface area contributed by atoms with E-state index < -0.39 is 0 Å².